The van der Waals surface area contributed by atoms with Crippen LogP contribution in [0.25, 0.3) is 0 Å². The molecule has 2 amide bonds. The number of amides is 2. The highest BCUT2D eigenvalue weighted by Crippen LogP contribution is 2.33. The Bertz CT molecular complexity index is 1470. The van der Waals surface area contributed by atoms with Gasteiger partial charge in [-0.2, -0.15) is 19.1 Å². The molecular formula is C27H24ClF2N5O3. The van der Waals surface area contributed by atoms with Crippen LogP contribution in [-0.4, -0.2) is 50.6 Å². The van der Waals surface area contributed by atoms with Gasteiger partial charge in [0.15, 0.2) is 0 Å². The van der Waals surface area contributed by atoms with E-state index in [9.17, 15) is 23.6 Å². The summed E-state index contributed by atoms with van der Waals surface area (Å²) < 4.78 is 31.6. The van der Waals surface area contributed by atoms with E-state index in [0.717, 1.165) is 5.69 Å². The number of halogens is 3. The van der Waals surface area contributed by atoms with Crippen molar-refractivity contribution < 1.29 is 23.1 Å². The second-order valence-corrected chi connectivity index (χ2v) is 9.82. The average Bonchev–Trinajstić information content (AvgIpc) is 3.25. The number of ether oxygens (including phenoxy) is 1. The van der Waals surface area contributed by atoms with Crippen LogP contribution in [0.2, 0.25) is 5.02 Å². The Hall–Kier alpha value is -3.97. The van der Waals surface area contributed by atoms with Crippen LogP contribution in [0.1, 0.15) is 63.1 Å². The lowest BCUT2D eigenvalue weighted by Gasteiger charge is -2.35. The zero-order valence-electron chi connectivity index (χ0n) is 20.7. The van der Waals surface area contributed by atoms with Crippen LogP contribution in [0.4, 0.5) is 8.78 Å². The Kier molecular flexibility index (Phi) is 6.80. The molecule has 0 N–H and O–H groups in total. The molecule has 0 radical (unpaired) electrons. The van der Waals surface area contributed by atoms with Gasteiger partial charge >= 0.3 is 6.61 Å². The Labute approximate surface area is 223 Å². The molecule has 0 spiro atoms. The third kappa shape index (κ3) is 4.58. The van der Waals surface area contributed by atoms with E-state index in [1.807, 2.05) is 19.9 Å². The van der Waals surface area contributed by atoms with Crippen LogP contribution in [0.3, 0.4) is 0 Å². The Balaban J connectivity index is 1.42. The molecule has 0 saturated carbocycles. The maximum absolute atomic E-state index is 13.7. The minimum Gasteiger partial charge on any atom is -0.435 e. The van der Waals surface area contributed by atoms with Crippen LogP contribution in [0, 0.1) is 11.3 Å². The highest BCUT2D eigenvalue weighted by molar-refractivity contribution is 6.31. The molecule has 38 heavy (non-hydrogen) atoms. The number of fused-ring (bicyclic) bond motifs is 3. The van der Waals surface area contributed by atoms with Gasteiger partial charge in [0.25, 0.3) is 11.8 Å². The van der Waals surface area contributed by atoms with E-state index < -0.39 is 12.7 Å². The quantitative estimate of drug-likeness (QED) is 0.464. The third-order valence-electron chi connectivity index (χ3n) is 7.13. The van der Waals surface area contributed by atoms with Crippen LogP contribution in [0.15, 0.2) is 42.5 Å². The Morgan fingerprint density at radius 2 is 2.03 bits per heavy atom. The normalized spacial score (nSPS) is 17.6. The number of nitriles is 1. The molecule has 2 atom stereocenters. The number of carbonyl (C=O) groups is 2. The summed E-state index contributed by atoms with van der Waals surface area (Å²) in [5, 5.41) is 14.3. The molecule has 2 aliphatic heterocycles. The summed E-state index contributed by atoms with van der Waals surface area (Å²) in [6.07, 6.45) is 0.482. The van der Waals surface area contributed by atoms with E-state index in [1.54, 1.807) is 32.7 Å². The van der Waals surface area contributed by atoms with Gasteiger partial charge in [0.2, 0.25) is 0 Å². The number of hydrogen-bond acceptors (Lipinski definition) is 5. The van der Waals surface area contributed by atoms with E-state index >= 15 is 0 Å². The van der Waals surface area contributed by atoms with Gasteiger partial charge in [-0.1, -0.05) is 23.7 Å². The van der Waals surface area contributed by atoms with Crippen molar-refractivity contribution in [3.8, 4) is 11.8 Å². The van der Waals surface area contributed by atoms with Crippen LogP contribution in [0.5, 0.6) is 5.75 Å². The first-order valence-electron chi connectivity index (χ1n) is 12.1. The van der Waals surface area contributed by atoms with E-state index in [4.69, 9.17) is 11.6 Å². The van der Waals surface area contributed by atoms with Crippen molar-refractivity contribution in [2.24, 2.45) is 0 Å². The highest BCUT2D eigenvalue weighted by atomic mass is 35.5. The second kappa shape index (κ2) is 10.1. The lowest BCUT2D eigenvalue weighted by molar-refractivity contribution is -0.0499. The van der Waals surface area contributed by atoms with E-state index in [-0.39, 0.29) is 40.7 Å². The largest absolute Gasteiger partial charge is 0.435 e. The summed E-state index contributed by atoms with van der Waals surface area (Å²) in [6.45, 7) is 1.88. The zero-order valence-corrected chi connectivity index (χ0v) is 21.5. The van der Waals surface area contributed by atoms with Crippen molar-refractivity contribution in [3.05, 3.63) is 81.1 Å². The molecule has 2 aromatic carbocycles. The standard InChI is InChI=1S/C27H24ClF2N5O3/c1-15-10-23-21(14-34(15)25(36)18-6-7-22(28)19(11-18)13-31)24-26(37)33(8-9-35(24)32-23)16(2)17-4-3-5-20(12-17)38-27(29)30/h3-7,11-12,15-16,27H,8-10,14H2,1-2H3/t15-,16?/m1/s1. The van der Waals surface area contributed by atoms with Gasteiger partial charge in [0, 0.05) is 30.1 Å². The SMILES string of the molecule is CC(c1cccc(OC(F)F)c1)N1CCn2nc3c(c2C1=O)CN(C(=O)c1ccc(Cl)c(C#N)c1)[C@H](C)C3. The summed E-state index contributed by atoms with van der Waals surface area (Å²) in [7, 11) is 0. The first kappa shape index (κ1) is 25.7. The molecule has 0 aliphatic carbocycles. The number of alkyl halides is 2. The number of hydrogen-bond donors (Lipinski definition) is 0. The summed E-state index contributed by atoms with van der Waals surface area (Å²) >= 11 is 6.04. The molecule has 0 saturated heterocycles. The molecule has 8 nitrogen and oxygen atoms in total. The van der Waals surface area contributed by atoms with Crippen molar-refractivity contribution in [3.63, 3.8) is 0 Å². The summed E-state index contributed by atoms with van der Waals surface area (Å²) in [5.74, 6) is -0.473. The lowest BCUT2D eigenvalue weighted by atomic mass is 9.97. The third-order valence-corrected chi connectivity index (χ3v) is 7.46. The smallest absolute Gasteiger partial charge is 0.387 e. The Morgan fingerprint density at radius 3 is 2.76 bits per heavy atom. The van der Waals surface area contributed by atoms with Crippen molar-refractivity contribution >= 4 is 23.4 Å². The fourth-order valence-electron chi connectivity index (χ4n) is 5.12. The van der Waals surface area contributed by atoms with Crippen molar-refractivity contribution in [2.45, 2.75) is 52.1 Å². The maximum Gasteiger partial charge on any atom is 0.387 e. The summed E-state index contributed by atoms with van der Waals surface area (Å²) in [5.41, 5.74) is 3.13. The van der Waals surface area contributed by atoms with Gasteiger partial charge in [-0.25, -0.2) is 0 Å². The van der Waals surface area contributed by atoms with Crippen LogP contribution >= 0.6 is 11.6 Å². The monoisotopic (exact) mass is 539 g/mol. The van der Waals surface area contributed by atoms with Gasteiger partial charge in [-0.15, -0.1) is 0 Å². The number of carbonyl (C=O) groups excluding carboxylic acids is 2. The molecule has 1 unspecified atom stereocenters. The zero-order chi connectivity index (χ0) is 27.1. The number of nitrogens with zero attached hydrogens (tertiary/aromatic N) is 5. The van der Waals surface area contributed by atoms with Gasteiger partial charge in [-0.3, -0.25) is 14.3 Å². The molecule has 5 rings (SSSR count). The molecule has 0 fully saturated rings. The molecule has 0 bridgehead atoms. The molecule has 3 heterocycles. The van der Waals surface area contributed by atoms with E-state index in [0.29, 0.717) is 41.9 Å². The van der Waals surface area contributed by atoms with E-state index in [2.05, 4.69) is 9.84 Å². The highest BCUT2D eigenvalue weighted by Gasteiger charge is 2.38. The first-order chi connectivity index (χ1) is 18.2. The lowest BCUT2D eigenvalue weighted by Crippen LogP contribution is -2.44. The number of benzene rings is 2. The topological polar surface area (TPSA) is 91.5 Å². The molecule has 1 aromatic heterocycles. The number of aromatic nitrogens is 2. The first-order valence-corrected chi connectivity index (χ1v) is 12.5. The Morgan fingerprint density at radius 1 is 1.24 bits per heavy atom. The van der Waals surface area contributed by atoms with Crippen molar-refractivity contribution in [1.82, 2.24) is 19.6 Å². The molecule has 11 heteroatoms. The molecule has 2 aliphatic rings. The van der Waals surface area contributed by atoms with Crippen molar-refractivity contribution in [2.75, 3.05) is 6.54 Å². The minimum absolute atomic E-state index is 0.0288. The summed E-state index contributed by atoms with van der Waals surface area (Å²) in [6, 6.07) is 12.3. The van der Waals surface area contributed by atoms with E-state index in [1.165, 1.54) is 24.3 Å². The molecule has 3 aromatic rings. The fraction of sp³-hybridized carbons (Fsp3) is 0.333. The maximum atomic E-state index is 13.7. The van der Waals surface area contributed by atoms with Gasteiger partial charge in [0.05, 0.1) is 35.4 Å². The predicted octanol–water partition coefficient (Wildman–Crippen LogP) is 4.81. The second-order valence-electron chi connectivity index (χ2n) is 9.42. The van der Waals surface area contributed by atoms with Crippen LogP contribution < -0.4 is 4.74 Å². The fourth-order valence-corrected chi connectivity index (χ4v) is 5.28. The minimum atomic E-state index is -2.94. The molecule has 196 valence electrons. The van der Waals surface area contributed by atoms with Gasteiger partial charge in [-0.05, 0) is 49.7 Å². The molecular weight excluding hydrogens is 516 g/mol. The van der Waals surface area contributed by atoms with Gasteiger partial charge in [0.1, 0.15) is 17.5 Å². The van der Waals surface area contributed by atoms with Crippen LogP contribution in [-0.2, 0) is 19.5 Å². The summed E-state index contributed by atoms with van der Waals surface area (Å²) in [4.78, 5) is 30.5. The van der Waals surface area contributed by atoms with Gasteiger partial charge < -0.3 is 14.5 Å². The van der Waals surface area contributed by atoms with Crippen molar-refractivity contribution in [1.29, 1.82) is 5.26 Å². The number of rotatable bonds is 5. The predicted molar refractivity (Wildman–Crippen MR) is 134 cm³/mol. The average molecular weight is 540 g/mol.